The number of aromatic nitrogens is 2. The van der Waals surface area contributed by atoms with Gasteiger partial charge in [-0.15, -0.1) is 0 Å². The lowest BCUT2D eigenvalue weighted by atomic mass is 10.0. The standard InChI is InChI=1S/C22H23N5O5/c1-12(2)27-21(31)15-4-3-13(11-16(15)22(27)32)20(30)26-9-7-14(8-10-26)23-19(29)17-5-6-18(28)25-24-17/h3-6,11-12,14H,7-10H2,1-2H3,(H,23,29)(H,25,28). The number of fused-ring (bicyclic) bond motifs is 1. The highest BCUT2D eigenvalue weighted by atomic mass is 16.2. The van der Waals surface area contributed by atoms with E-state index in [4.69, 9.17) is 0 Å². The number of carbonyl (C=O) groups excluding carboxylic acids is 4. The molecule has 166 valence electrons. The molecule has 0 spiro atoms. The van der Waals surface area contributed by atoms with E-state index in [1.807, 2.05) is 0 Å². The number of aromatic amines is 1. The summed E-state index contributed by atoms with van der Waals surface area (Å²) in [6.45, 7) is 4.41. The Kier molecular flexibility index (Phi) is 5.60. The summed E-state index contributed by atoms with van der Waals surface area (Å²) in [5.41, 5.74) is 0.664. The molecule has 1 aromatic carbocycles. The van der Waals surface area contributed by atoms with Gasteiger partial charge in [-0.3, -0.25) is 28.9 Å². The highest BCUT2D eigenvalue weighted by molar-refractivity contribution is 6.22. The lowest BCUT2D eigenvalue weighted by molar-refractivity contribution is 0.0607. The Bertz CT molecular complexity index is 1140. The Hall–Kier alpha value is -3.82. The van der Waals surface area contributed by atoms with Crippen molar-refractivity contribution in [3.63, 3.8) is 0 Å². The van der Waals surface area contributed by atoms with E-state index in [-0.39, 0.29) is 52.5 Å². The van der Waals surface area contributed by atoms with Crippen LogP contribution in [0.15, 0.2) is 35.1 Å². The van der Waals surface area contributed by atoms with Gasteiger partial charge in [0.15, 0.2) is 0 Å². The van der Waals surface area contributed by atoms with Crippen molar-refractivity contribution < 1.29 is 19.2 Å². The summed E-state index contributed by atoms with van der Waals surface area (Å²) in [6.07, 6.45) is 1.12. The molecule has 10 heteroatoms. The normalized spacial score (nSPS) is 16.5. The number of amides is 4. The average Bonchev–Trinajstić information content (AvgIpc) is 3.04. The van der Waals surface area contributed by atoms with Crippen LogP contribution in [0.25, 0.3) is 0 Å². The van der Waals surface area contributed by atoms with E-state index >= 15 is 0 Å². The minimum Gasteiger partial charge on any atom is -0.348 e. The van der Waals surface area contributed by atoms with Gasteiger partial charge in [0, 0.05) is 36.8 Å². The molecule has 10 nitrogen and oxygen atoms in total. The van der Waals surface area contributed by atoms with Crippen LogP contribution < -0.4 is 10.9 Å². The van der Waals surface area contributed by atoms with Crippen LogP contribution in [0.4, 0.5) is 0 Å². The monoisotopic (exact) mass is 437 g/mol. The molecule has 0 radical (unpaired) electrons. The first kappa shape index (κ1) is 21.4. The van der Waals surface area contributed by atoms with Crippen molar-refractivity contribution in [2.45, 2.75) is 38.8 Å². The zero-order chi connectivity index (χ0) is 23.0. The van der Waals surface area contributed by atoms with E-state index in [1.54, 1.807) is 24.8 Å². The molecule has 1 saturated heterocycles. The number of hydrogen-bond acceptors (Lipinski definition) is 6. The third-order valence-corrected chi connectivity index (χ3v) is 5.71. The Labute approximate surface area is 183 Å². The molecule has 0 bridgehead atoms. The number of hydrogen-bond donors (Lipinski definition) is 2. The van der Waals surface area contributed by atoms with E-state index in [0.29, 0.717) is 37.1 Å². The van der Waals surface area contributed by atoms with Crippen molar-refractivity contribution in [1.82, 2.24) is 25.3 Å². The predicted molar refractivity (Wildman–Crippen MR) is 113 cm³/mol. The summed E-state index contributed by atoms with van der Waals surface area (Å²) >= 11 is 0. The SMILES string of the molecule is CC(C)N1C(=O)c2ccc(C(=O)N3CCC(NC(=O)c4ccc(=O)[nH]n4)CC3)cc2C1=O. The topological polar surface area (TPSA) is 133 Å². The number of imide groups is 1. The number of benzene rings is 1. The third-order valence-electron chi connectivity index (χ3n) is 5.71. The van der Waals surface area contributed by atoms with E-state index in [1.165, 1.54) is 29.2 Å². The minimum absolute atomic E-state index is 0.121. The summed E-state index contributed by atoms with van der Waals surface area (Å²) < 4.78 is 0. The fraction of sp³-hybridized carbons (Fsp3) is 0.364. The lowest BCUT2D eigenvalue weighted by Gasteiger charge is -2.32. The van der Waals surface area contributed by atoms with E-state index in [0.717, 1.165) is 0 Å². The zero-order valence-corrected chi connectivity index (χ0v) is 17.8. The largest absolute Gasteiger partial charge is 0.348 e. The zero-order valence-electron chi connectivity index (χ0n) is 17.8. The van der Waals surface area contributed by atoms with Gasteiger partial charge in [0.05, 0.1) is 11.1 Å². The Morgan fingerprint density at radius 3 is 2.34 bits per heavy atom. The number of nitrogens with zero attached hydrogens (tertiary/aromatic N) is 3. The van der Waals surface area contributed by atoms with Crippen LogP contribution in [0.1, 0.15) is 68.3 Å². The summed E-state index contributed by atoms with van der Waals surface area (Å²) in [4.78, 5) is 64.2. The highest BCUT2D eigenvalue weighted by Gasteiger charge is 2.38. The van der Waals surface area contributed by atoms with Crippen molar-refractivity contribution in [2.24, 2.45) is 0 Å². The second-order valence-electron chi connectivity index (χ2n) is 8.18. The Morgan fingerprint density at radius 1 is 1.03 bits per heavy atom. The van der Waals surface area contributed by atoms with Crippen molar-refractivity contribution in [2.75, 3.05) is 13.1 Å². The van der Waals surface area contributed by atoms with Gasteiger partial charge >= 0.3 is 0 Å². The Balaban J connectivity index is 1.39. The van der Waals surface area contributed by atoms with Crippen molar-refractivity contribution in [3.05, 3.63) is 63.1 Å². The summed E-state index contributed by atoms with van der Waals surface area (Å²) in [6, 6.07) is 6.81. The van der Waals surface area contributed by atoms with E-state index in [9.17, 15) is 24.0 Å². The van der Waals surface area contributed by atoms with Crippen molar-refractivity contribution in [1.29, 1.82) is 0 Å². The molecule has 1 aromatic heterocycles. The van der Waals surface area contributed by atoms with E-state index in [2.05, 4.69) is 15.5 Å². The van der Waals surface area contributed by atoms with Crippen molar-refractivity contribution in [3.8, 4) is 0 Å². The second-order valence-corrected chi connectivity index (χ2v) is 8.18. The number of likely N-dealkylation sites (tertiary alicyclic amines) is 1. The van der Waals surface area contributed by atoms with Crippen LogP contribution in [-0.4, -0.2) is 68.8 Å². The first-order valence-corrected chi connectivity index (χ1v) is 10.4. The number of H-pyrrole nitrogens is 1. The molecule has 4 rings (SSSR count). The lowest BCUT2D eigenvalue weighted by Crippen LogP contribution is -2.46. The number of nitrogens with one attached hydrogen (secondary N) is 2. The maximum absolute atomic E-state index is 13.0. The van der Waals surface area contributed by atoms with Crippen LogP contribution in [0, 0.1) is 0 Å². The van der Waals surface area contributed by atoms with Gasteiger partial charge in [0.1, 0.15) is 5.69 Å². The molecule has 2 N–H and O–H groups in total. The maximum Gasteiger partial charge on any atom is 0.271 e. The molecular formula is C22H23N5O5. The van der Waals surface area contributed by atoms with Crippen LogP contribution in [0.2, 0.25) is 0 Å². The fourth-order valence-electron chi connectivity index (χ4n) is 4.00. The average molecular weight is 437 g/mol. The van der Waals surface area contributed by atoms with Crippen LogP contribution in [0.5, 0.6) is 0 Å². The number of rotatable bonds is 4. The van der Waals surface area contributed by atoms with E-state index < -0.39 is 0 Å². The summed E-state index contributed by atoms with van der Waals surface area (Å²) in [7, 11) is 0. The molecule has 2 aliphatic rings. The molecule has 1 fully saturated rings. The van der Waals surface area contributed by atoms with Gasteiger partial charge in [0.25, 0.3) is 29.2 Å². The number of piperidine rings is 1. The smallest absolute Gasteiger partial charge is 0.271 e. The minimum atomic E-state index is -0.387. The predicted octanol–water partition coefficient (Wildman–Crippen LogP) is 0.809. The van der Waals surface area contributed by atoms with Gasteiger partial charge in [-0.1, -0.05) is 0 Å². The first-order chi connectivity index (χ1) is 15.3. The molecule has 0 unspecified atom stereocenters. The molecule has 2 aliphatic heterocycles. The molecule has 3 heterocycles. The third kappa shape index (κ3) is 3.91. The van der Waals surface area contributed by atoms with Crippen LogP contribution in [-0.2, 0) is 0 Å². The molecule has 0 saturated carbocycles. The van der Waals surface area contributed by atoms with Gasteiger partial charge in [-0.2, -0.15) is 5.10 Å². The summed E-state index contributed by atoms with van der Waals surface area (Å²) in [5.74, 6) is -1.33. The van der Waals surface area contributed by atoms with Crippen LogP contribution in [0.3, 0.4) is 0 Å². The molecule has 32 heavy (non-hydrogen) atoms. The van der Waals surface area contributed by atoms with Crippen molar-refractivity contribution >= 4 is 23.6 Å². The fourth-order valence-corrected chi connectivity index (χ4v) is 4.00. The molecule has 4 amide bonds. The van der Waals surface area contributed by atoms with Gasteiger partial charge in [0.2, 0.25) is 0 Å². The molecule has 2 aromatic rings. The van der Waals surface area contributed by atoms with Gasteiger partial charge < -0.3 is 10.2 Å². The first-order valence-electron chi connectivity index (χ1n) is 10.4. The number of carbonyl (C=O) groups is 4. The van der Waals surface area contributed by atoms with Gasteiger partial charge in [-0.05, 0) is 51.0 Å². The molecule has 0 atom stereocenters. The van der Waals surface area contributed by atoms with Gasteiger partial charge in [-0.25, -0.2) is 5.10 Å². The maximum atomic E-state index is 13.0. The second kappa shape index (κ2) is 8.37. The molecular weight excluding hydrogens is 414 g/mol. The highest BCUT2D eigenvalue weighted by Crippen LogP contribution is 2.26. The molecule has 0 aliphatic carbocycles. The summed E-state index contributed by atoms with van der Waals surface area (Å²) in [5, 5.41) is 8.80. The quantitative estimate of drug-likeness (QED) is 0.680. The Morgan fingerprint density at radius 2 is 1.72 bits per heavy atom. The van der Waals surface area contributed by atoms with Crippen LogP contribution >= 0.6 is 0 Å².